The van der Waals surface area contributed by atoms with Crippen molar-refractivity contribution in [2.45, 2.75) is 95.8 Å². The number of carbonyl (C=O) groups excluding carboxylic acids is 4. The van der Waals surface area contributed by atoms with Crippen molar-refractivity contribution in [1.82, 2.24) is 30.2 Å². The van der Waals surface area contributed by atoms with Gasteiger partial charge in [0.15, 0.2) is 0 Å². The number of amides is 4. The van der Waals surface area contributed by atoms with E-state index in [-0.39, 0.29) is 47.5 Å². The van der Waals surface area contributed by atoms with E-state index < -0.39 is 5.54 Å². The van der Waals surface area contributed by atoms with Crippen LogP contribution in [0.25, 0.3) is 0 Å². The summed E-state index contributed by atoms with van der Waals surface area (Å²) >= 11 is 0. The molecule has 6 saturated heterocycles. The number of piperidine rings is 2. The molecule has 10 nitrogen and oxygen atoms in total. The summed E-state index contributed by atoms with van der Waals surface area (Å²) in [5.74, 6) is 0.231. The summed E-state index contributed by atoms with van der Waals surface area (Å²) < 4.78 is 0. The third-order valence-electron chi connectivity index (χ3n) is 9.30. The predicted molar refractivity (Wildman–Crippen MR) is 143 cm³/mol. The number of piperazine rings is 1. The third kappa shape index (κ3) is 5.86. The number of likely N-dealkylation sites (tertiary alicyclic amines) is 1. The van der Waals surface area contributed by atoms with Gasteiger partial charge in [0.25, 0.3) is 0 Å². The van der Waals surface area contributed by atoms with E-state index in [9.17, 15) is 19.2 Å². The van der Waals surface area contributed by atoms with Gasteiger partial charge in [0.2, 0.25) is 23.6 Å². The number of nitrogens with zero attached hydrogens (tertiary/aromatic N) is 4. The van der Waals surface area contributed by atoms with Gasteiger partial charge >= 0.3 is 0 Å². The van der Waals surface area contributed by atoms with Gasteiger partial charge in [-0.05, 0) is 50.5 Å². The van der Waals surface area contributed by atoms with Crippen LogP contribution in [0.1, 0.15) is 72.1 Å². The van der Waals surface area contributed by atoms with Crippen LogP contribution in [0.3, 0.4) is 0 Å². The van der Waals surface area contributed by atoms with E-state index in [2.05, 4.69) is 36.3 Å². The Bertz CT molecular complexity index is 932. The molecule has 6 fully saturated rings. The molecule has 10 heteroatoms. The number of hydrogen-bond donors (Lipinski definition) is 2. The first-order valence-corrected chi connectivity index (χ1v) is 14.7. The number of fused-ring (bicyclic) bond motifs is 4. The Balaban J connectivity index is 1.38. The van der Waals surface area contributed by atoms with Gasteiger partial charge in [-0.3, -0.25) is 24.1 Å². The molecular formula is C28H46N6O4. The van der Waals surface area contributed by atoms with E-state index in [0.717, 1.165) is 32.2 Å². The normalized spacial score (nSPS) is 29.8. The SMILES string of the molecule is CC(C)(C)CC(=O)N1CCC2(CC1)CC(=O)N1CCN[C@H](C1)C(=O)N1CCC(CC1)N1CCCC1C(=O)N2. The molecule has 6 aliphatic heterocycles. The first-order chi connectivity index (χ1) is 18.0. The number of carbonyl (C=O) groups is 4. The van der Waals surface area contributed by atoms with Crippen LogP contribution in [-0.4, -0.2) is 119 Å². The second-order valence-corrected chi connectivity index (χ2v) is 13.4. The van der Waals surface area contributed by atoms with Crippen molar-refractivity contribution >= 4 is 23.6 Å². The molecule has 0 saturated carbocycles. The standard InChI is InChI=1S/C28H46N6O4/c1-27(2,3)17-23(35)31-14-8-28(9-15-31)18-24(36)33-16-10-29-21(19-33)26(38)32-12-6-20(7-13-32)34-11-4-5-22(34)25(37)30-28/h20-22,29H,4-19H2,1-3H3,(H,30,37)/t21-,22?/m1/s1. The average molecular weight is 531 g/mol. The molecule has 0 aromatic heterocycles. The van der Waals surface area contributed by atoms with Crippen LogP contribution in [0.5, 0.6) is 0 Å². The Labute approximate surface area is 226 Å². The Morgan fingerprint density at radius 3 is 2.34 bits per heavy atom. The molecule has 0 aromatic carbocycles. The van der Waals surface area contributed by atoms with Crippen LogP contribution in [0.4, 0.5) is 0 Å². The van der Waals surface area contributed by atoms with Gasteiger partial charge in [0.05, 0.1) is 18.0 Å². The fraction of sp³-hybridized carbons (Fsp3) is 0.857. The van der Waals surface area contributed by atoms with Gasteiger partial charge < -0.3 is 25.3 Å². The van der Waals surface area contributed by atoms with Crippen LogP contribution < -0.4 is 10.6 Å². The highest BCUT2D eigenvalue weighted by atomic mass is 16.2. The minimum absolute atomic E-state index is 0.0171. The number of nitrogens with one attached hydrogen (secondary N) is 2. The molecule has 2 N–H and O–H groups in total. The van der Waals surface area contributed by atoms with E-state index in [0.29, 0.717) is 71.1 Å². The molecule has 38 heavy (non-hydrogen) atoms. The maximum Gasteiger partial charge on any atom is 0.241 e. The Hall–Kier alpha value is -2.20. The van der Waals surface area contributed by atoms with Crippen LogP contribution in [-0.2, 0) is 19.2 Å². The highest BCUT2D eigenvalue weighted by Gasteiger charge is 2.45. The lowest BCUT2D eigenvalue weighted by molar-refractivity contribution is -0.140. The minimum Gasteiger partial charge on any atom is -0.349 e. The topological polar surface area (TPSA) is 105 Å². The second kappa shape index (κ2) is 10.8. The fourth-order valence-electron chi connectivity index (χ4n) is 7.13. The number of rotatable bonds is 1. The Morgan fingerprint density at radius 1 is 0.947 bits per heavy atom. The van der Waals surface area contributed by atoms with Crippen LogP contribution >= 0.6 is 0 Å². The molecule has 6 heterocycles. The summed E-state index contributed by atoms with van der Waals surface area (Å²) in [6.45, 7) is 11.1. The van der Waals surface area contributed by atoms with Gasteiger partial charge in [-0.2, -0.15) is 0 Å². The van der Waals surface area contributed by atoms with Crippen molar-refractivity contribution in [3.8, 4) is 0 Å². The van der Waals surface area contributed by atoms with Crippen LogP contribution in [0.15, 0.2) is 0 Å². The summed E-state index contributed by atoms with van der Waals surface area (Å²) in [5, 5.41) is 6.73. The smallest absolute Gasteiger partial charge is 0.241 e. The van der Waals surface area contributed by atoms with E-state index in [4.69, 9.17) is 0 Å². The lowest BCUT2D eigenvalue weighted by Gasteiger charge is -2.44. The monoisotopic (exact) mass is 530 g/mol. The second-order valence-electron chi connectivity index (χ2n) is 13.4. The molecule has 6 aliphatic rings. The fourth-order valence-corrected chi connectivity index (χ4v) is 7.13. The average Bonchev–Trinajstić information content (AvgIpc) is 3.38. The van der Waals surface area contributed by atoms with Crippen molar-refractivity contribution < 1.29 is 19.2 Å². The highest BCUT2D eigenvalue weighted by molar-refractivity contribution is 5.86. The van der Waals surface area contributed by atoms with Crippen LogP contribution in [0, 0.1) is 5.41 Å². The lowest BCUT2D eigenvalue weighted by Crippen LogP contribution is -2.62. The summed E-state index contributed by atoms with van der Waals surface area (Å²) in [6.07, 6.45) is 5.39. The third-order valence-corrected chi connectivity index (χ3v) is 9.30. The summed E-state index contributed by atoms with van der Waals surface area (Å²) in [7, 11) is 0. The first-order valence-electron chi connectivity index (χ1n) is 14.7. The van der Waals surface area contributed by atoms with Gasteiger partial charge in [0.1, 0.15) is 6.04 Å². The summed E-state index contributed by atoms with van der Waals surface area (Å²) in [6, 6.07) is -0.273. The Morgan fingerprint density at radius 2 is 1.66 bits per heavy atom. The lowest BCUT2D eigenvalue weighted by atomic mass is 9.82. The van der Waals surface area contributed by atoms with E-state index >= 15 is 0 Å². The van der Waals surface area contributed by atoms with E-state index in [1.54, 1.807) is 4.90 Å². The molecule has 1 unspecified atom stereocenters. The van der Waals surface area contributed by atoms with E-state index in [1.165, 1.54) is 0 Å². The zero-order chi connectivity index (χ0) is 27.1. The molecule has 212 valence electrons. The summed E-state index contributed by atoms with van der Waals surface area (Å²) in [4.78, 5) is 61.8. The number of hydrogen-bond acceptors (Lipinski definition) is 6. The largest absolute Gasteiger partial charge is 0.349 e. The molecule has 4 amide bonds. The molecule has 4 bridgehead atoms. The quantitative estimate of drug-likeness (QED) is 0.513. The maximum absolute atomic E-state index is 13.8. The molecule has 1 spiro atoms. The zero-order valence-corrected chi connectivity index (χ0v) is 23.5. The van der Waals surface area contributed by atoms with Crippen molar-refractivity contribution in [3.05, 3.63) is 0 Å². The zero-order valence-electron chi connectivity index (χ0n) is 23.5. The molecule has 0 radical (unpaired) electrons. The van der Waals surface area contributed by atoms with Crippen molar-refractivity contribution in [2.24, 2.45) is 5.41 Å². The molecular weight excluding hydrogens is 484 g/mol. The van der Waals surface area contributed by atoms with Gasteiger partial charge in [-0.25, -0.2) is 0 Å². The molecule has 2 atom stereocenters. The maximum atomic E-state index is 13.8. The van der Waals surface area contributed by atoms with Crippen molar-refractivity contribution in [3.63, 3.8) is 0 Å². The predicted octanol–water partition coefficient (Wildman–Crippen LogP) is 0.560. The highest BCUT2D eigenvalue weighted by Crippen LogP contribution is 2.32. The molecule has 0 aliphatic carbocycles. The van der Waals surface area contributed by atoms with Crippen molar-refractivity contribution in [1.29, 1.82) is 0 Å². The van der Waals surface area contributed by atoms with E-state index in [1.807, 2.05) is 9.80 Å². The molecule has 6 rings (SSSR count). The molecule has 0 aromatic rings. The summed E-state index contributed by atoms with van der Waals surface area (Å²) in [5.41, 5.74) is -0.759. The Kier molecular flexibility index (Phi) is 7.75. The van der Waals surface area contributed by atoms with Gasteiger partial charge in [-0.15, -0.1) is 0 Å². The first kappa shape index (κ1) is 27.4. The van der Waals surface area contributed by atoms with Gasteiger partial charge in [0, 0.05) is 58.3 Å². The van der Waals surface area contributed by atoms with Crippen LogP contribution in [0.2, 0.25) is 0 Å². The van der Waals surface area contributed by atoms with Gasteiger partial charge in [-0.1, -0.05) is 20.8 Å². The minimum atomic E-state index is -0.673. The van der Waals surface area contributed by atoms with Crippen molar-refractivity contribution in [2.75, 3.05) is 52.4 Å².